The smallest absolute Gasteiger partial charge is 0.0409 e. The molecule has 2 nitrogen and oxygen atoms in total. The SMILES string of the molecule is CNCCCC1CCN(Cc2cccc(Cl)c2)C1. The third-order valence-electron chi connectivity index (χ3n) is 3.70. The van der Waals surface area contributed by atoms with Crippen LogP contribution in [0.25, 0.3) is 0 Å². The van der Waals surface area contributed by atoms with Crippen molar-refractivity contribution in [3.8, 4) is 0 Å². The third kappa shape index (κ3) is 4.27. The van der Waals surface area contributed by atoms with E-state index >= 15 is 0 Å². The minimum absolute atomic E-state index is 0.845. The van der Waals surface area contributed by atoms with Gasteiger partial charge in [0.25, 0.3) is 0 Å². The third-order valence-corrected chi connectivity index (χ3v) is 3.94. The number of halogens is 1. The van der Waals surface area contributed by atoms with Crippen LogP contribution < -0.4 is 5.32 Å². The molecule has 0 spiro atoms. The van der Waals surface area contributed by atoms with Crippen molar-refractivity contribution < 1.29 is 0 Å². The van der Waals surface area contributed by atoms with E-state index in [9.17, 15) is 0 Å². The summed E-state index contributed by atoms with van der Waals surface area (Å²) in [5.74, 6) is 0.887. The van der Waals surface area contributed by atoms with E-state index in [-0.39, 0.29) is 0 Å². The van der Waals surface area contributed by atoms with Gasteiger partial charge in [-0.05, 0) is 63.0 Å². The quantitative estimate of drug-likeness (QED) is 0.796. The molecule has 1 unspecified atom stereocenters. The predicted octanol–water partition coefficient (Wildman–Crippen LogP) is 3.16. The monoisotopic (exact) mass is 266 g/mol. The molecule has 0 radical (unpaired) electrons. The van der Waals surface area contributed by atoms with Crippen molar-refractivity contribution in [2.75, 3.05) is 26.7 Å². The van der Waals surface area contributed by atoms with Crippen LogP contribution in [0.5, 0.6) is 0 Å². The van der Waals surface area contributed by atoms with E-state index in [0.29, 0.717) is 0 Å². The first-order chi connectivity index (χ1) is 8.78. The van der Waals surface area contributed by atoms with Gasteiger partial charge < -0.3 is 5.32 Å². The Balaban J connectivity index is 1.75. The average molecular weight is 267 g/mol. The summed E-state index contributed by atoms with van der Waals surface area (Å²) in [6, 6.07) is 8.23. The zero-order valence-corrected chi connectivity index (χ0v) is 11.9. The van der Waals surface area contributed by atoms with E-state index in [4.69, 9.17) is 11.6 Å². The molecule has 3 heteroatoms. The molecule has 1 aliphatic rings. The van der Waals surface area contributed by atoms with Gasteiger partial charge in [0.2, 0.25) is 0 Å². The maximum Gasteiger partial charge on any atom is 0.0409 e. The summed E-state index contributed by atoms with van der Waals surface area (Å²) in [6.45, 7) is 4.67. The Morgan fingerprint density at radius 1 is 1.44 bits per heavy atom. The predicted molar refractivity (Wildman–Crippen MR) is 78.0 cm³/mol. The summed E-state index contributed by atoms with van der Waals surface area (Å²) in [6.07, 6.45) is 4.00. The number of nitrogens with one attached hydrogen (secondary N) is 1. The van der Waals surface area contributed by atoms with Crippen molar-refractivity contribution in [2.45, 2.75) is 25.8 Å². The number of hydrogen-bond donors (Lipinski definition) is 1. The zero-order chi connectivity index (χ0) is 12.8. The van der Waals surface area contributed by atoms with Crippen molar-refractivity contribution in [3.05, 3.63) is 34.9 Å². The van der Waals surface area contributed by atoms with E-state index in [0.717, 1.165) is 24.0 Å². The Kier molecular flexibility index (Phi) is 5.48. The van der Waals surface area contributed by atoms with E-state index in [1.807, 2.05) is 19.2 Å². The lowest BCUT2D eigenvalue weighted by Crippen LogP contribution is -2.20. The van der Waals surface area contributed by atoms with Gasteiger partial charge in [-0.15, -0.1) is 0 Å². The highest BCUT2D eigenvalue weighted by Crippen LogP contribution is 2.23. The van der Waals surface area contributed by atoms with Gasteiger partial charge in [0.05, 0.1) is 0 Å². The molecule has 2 rings (SSSR count). The first kappa shape index (κ1) is 13.9. The van der Waals surface area contributed by atoms with Crippen LogP contribution in [0.4, 0.5) is 0 Å². The van der Waals surface area contributed by atoms with Crippen LogP contribution >= 0.6 is 11.6 Å². The molecular formula is C15H23ClN2. The Hall–Kier alpha value is -0.570. The second-order valence-corrected chi connectivity index (χ2v) is 5.70. The van der Waals surface area contributed by atoms with Gasteiger partial charge in [-0.3, -0.25) is 4.90 Å². The number of rotatable bonds is 6. The second kappa shape index (κ2) is 7.13. The number of nitrogens with zero attached hydrogens (tertiary/aromatic N) is 1. The highest BCUT2D eigenvalue weighted by Gasteiger charge is 2.21. The van der Waals surface area contributed by atoms with Crippen molar-refractivity contribution in [1.82, 2.24) is 10.2 Å². The summed E-state index contributed by atoms with van der Waals surface area (Å²) in [7, 11) is 2.03. The topological polar surface area (TPSA) is 15.3 Å². The largest absolute Gasteiger partial charge is 0.320 e. The standard InChI is InChI=1S/C15H23ClN2/c1-17-8-3-5-13-7-9-18(11-13)12-14-4-2-6-15(16)10-14/h2,4,6,10,13,17H,3,5,7-9,11-12H2,1H3. The molecule has 1 fully saturated rings. The van der Waals surface area contributed by atoms with Crippen LogP contribution in [0.1, 0.15) is 24.8 Å². The average Bonchev–Trinajstić information content (AvgIpc) is 2.77. The summed E-state index contributed by atoms with van der Waals surface area (Å²) >= 11 is 6.02. The highest BCUT2D eigenvalue weighted by atomic mass is 35.5. The molecule has 1 aliphatic heterocycles. The Morgan fingerprint density at radius 3 is 3.11 bits per heavy atom. The minimum Gasteiger partial charge on any atom is -0.320 e. The molecule has 0 bridgehead atoms. The molecule has 1 heterocycles. The molecule has 1 aromatic carbocycles. The normalized spacial score (nSPS) is 20.4. The summed E-state index contributed by atoms with van der Waals surface area (Å²) in [4.78, 5) is 2.55. The highest BCUT2D eigenvalue weighted by molar-refractivity contribution is 6.30. The molecule has 1 aromatic rings. The molecule has 100 valence electrons. The van der Waals surface area contributed by atoms with Gasteiger partial charge in [0, 0.05) is 18.1 Å². The Morgan fingerprint density at radius 2 is 2.33 bits per heavy atom. The number of hydrogen-bond acceptors (Lipinski definition) is 2. The maximum atomic E-state index is 6.02. The van der Waals surface area contributed by atoms with Gasteiger partial charge in [0.15, 0.2) is 0 Å². The van der Waals surface area contributed by atoms with Crippen LogP contribution in [0, 0.1) is 5.92 Å². The summed E-state index contributed by atoms with van der Waals surface area (Å²) in [5.41, 5.74) is 1.33. The lowest BCUT2D eigenvalue weighted by molar-refractivity contribution is 0.312. The lowest BCUT2D eigenvalue weighted by Gasteiger charge is -2.16. The fraction of sp³-hybridized carbons (Fsp3) is 0.600. The van der Waals surface area contributed by atoms with Crippen LogP contribution in [-0.4, -0.2) is 31.6 Å². The van der Waals surface area contributed by atoms with E-state index in [1.54, 1.807) is 0 Å². The van der Waals surface area contributed by atoms with Crippen LogP contribution in [0.15, 0.2) is 24.3 Å². The van der Waals surface area contributed by atoms with Gasteiger partial charge >= 0.3 is 0 Å². The minimum atomic E-state index is 0.845. The Bertz CT molecular complexity index is 367. The van der Waals surface area contributed by atoms with Gasteiger partial charge in [-0.25, -0.2) is 0 Å². The van der Waals surface area contributed by atoms with Gasteiger partial charge in [0.1, 0.15) is 0 Å². The van der Waals surface area contributed by atoms with Crippen molar-refractivity contribution in [1.29, 1.82) is 0 Å². The molecule has 0 aliphatic carbocycles. The lowest BCUT2D eigenvalue weighted by atomic mass is 10.0. The van der Waals surface area contributed by atoms with Gasteiger partial charge in [-0.1, -0.05) is 23.7 Å². The van der Waals surface area contributed by atoms with Crippen LogP contribution in [0.3, 0.4) is 0 Å². The van der Waals surface area contributed by atoms with Crippen molar-refractivity contribution in [3.63, 3.8) is 0 Å². The molecule has 1 saturated heterocycles. The first-order valence-electron chi connectivity index (χ1n) is 6.89. The summed E-state index contributed by atoms with van der Waals surface area (Å²) in [5, 5.41) is 4.07. The van der Waals surface area contributed by atoms with Crippen molar-refractivity contribution in [2.24, 2.45) is 5.92 Å². The van der Waals surface area contributed by atoms with Crippen molar-refractivity contribution >= 4 is 11.6 Å². The zero-order valence-electron chi connectivity index (χ0n) is 11.2. The second-order valence-electron chi connectivity index (χ2n) is 5.27. The fourth-order valence-electron chi connectivity index (χ4n) is 2.75. The molecule has 18 heavy (non-hydrogen) atoms. The van der Waals surface area contributed by atoms with E-state index < -0.39 is 0 Å². The molecule has 1 atom stereocenters. The molecular weight excluding hydrogens is 244 g/mol. The van der Waals surface area contributed by atoms with E-state index in [2.05, 4.69) is 22.3 Å². The summed E-state index contributed by atoms with van der Waals surface area (Å²) < 4.78 is 0. The van der Waals surface area contributed by atoms with Gasteiger partial charge in [-0.2, -0.15) is 0 Å². The van der Waals surface area contributed by atoms with Crippen LogP contribution in [0.2, 0.25) is 5.02 Å². The molecule has 0 saturated carbocycles. The molecule has 0 amide bonds. The number of likely N-dealkylation sites (tertiary alicyclic amines) is 1. The fourth-order valence-corrected chi connectivity index (χ4v) is 2.97. The van der Waals surface area contributed by atoms with E-state index in [1.165, 1.54) is 37.9 Å². The Labute approximate surface area is 115 Å². The molecule has 1 N–H and O–H groups in total. The van der Waals surface area contributed by atoms with Crippen LogP contribution in [-0.2, 0) is 6.54 Å². The first-order valence-corrected chi connectivity index (χ1v) is 7.27. The number of benzene rings is 1. The maximum absolute atomic E-state index is 6.02. The molecule has 0 aromatic heterocycles.